The molecule has 0 N–H and O–H groups in total. The van der Waals surface area contributed by atoms with Gasteiger partial charge in [0.25, 0.3) is 0 Å². The zero-order valence-corrected chi connectivity index (χ0v) is 43.3. The van der Waals surface area contributed by atoms with Crippen molar-refractivity contribution in [1.82, 2.24) is 0 Å². The molecule has 0 saturated carbocycles. The van der Waals surface area contributed by atoms with Crippen molar-refractivity contribution in [2.45, 2.75) is 213 Å². The minimum Gasteiger partial charge on any atom is -0.462 e. The summed E-state index contributed by atoms with van der Waals surface area (Å²) in [6.45, 7) is 6.23. The Morgan fingerprint density at radius 2 is 0.662 bits per heavy atom. The van der Waals surface area contributed by atoms with Gasteiger partial charge in [0.05, 0.1) is 6.42 Å². The average Bonchev–Trinajstić information content (AvgIpc) is 3.34. The van der Waals surface area contributed by atoms with Crippen molar-refractivity contribution >= 4 is 17.9 Å². The predicted molar refractivity (Wildman–Crippen MR) is 292 cm³/mol. The second kappa shape index (κ2) is 54.9. The highest BCUT2D eigenvalue weighted by atomic mass is 16.6. The van der Waals surface area contributed by atoms with Gasteiger partial charge >= 0.3 is 17.9 Å². The Labute approximate surface area is 417 Å². The second-order valence-electron chi connectivity index (χ2n) is 17.0. The first-order valence-electron chi connectivity index (χ1n) is 26.8. The molecule has 380 valence electrons. The van der Waals surface area contributed by atoms with Crippen LogP contribution in [-0.2, 0) is 28.6 Å². The van der Waals surface area contributed by atoms with E-state index in [9.17, 15) is 14.4 Å². The molecule has 0 radical (unpaired) electrons. The van der Waals surface area contributed by atoms with Gasteiger partial charge in [-0.15, -0.1) is 0 Å². The molecule has 0 saturated heterocycles. The molecule has 0 spiro atoms. The Bertz CT molecular complexity index is 1540. The summed E-state index contributed by atoms with van der Waals surface area (Å²) in [6, 6.07) is 0. The first-order valence-corrected chi connectivity index (χ1v) is 26.8. The highest BCUT2D eigenvalue weighted by molar-refractivity contribution is 5.72. The number of unbranched alkanes of at least 4 members (excludes halogenated alkanes) is 12. The van der Waals surface area contributed by atoms with E-state index in [4.69, 9.17) is 14.2 Å². The number of hydrogen-bond donors (Lipinski definition) is 0. The second-order valence-corrected chi connectivity index (χ2v) is 17.0. The van der Waals surface area contributed by atoms with E-state index in [1.54, 1.807) is 6.08 Å². The standard InChI is InChI=1S/C62H96O6/c1-4-7-10-13-16-19-22-25-28-30-31-32-35-37-40-43-46-49-52-55-61(64)67-58-59(57-66-60(63)54-51-48-45-42-39-36-33-27-24-21-18-15-12-9-6-3)68-62(65)56-53-50-47-44-41-38-34-29-26-23-20-17-14-11-8-5-2/h7,9-10,12,16,18-19,21,25,27-29,31-34,37,39-40,42,46,48-49,51,59H,4-6,8,11,13-15,17,20,22-24,26,30,35-36,38,41,43-45,47,50,52-58H2,1-3H3/b10-7-,12-9-,19-16-,21-18-,28-25-,32-31-,33-27-,34-29-,40-37-,42-39-,49-46-,51-48-. The number of rotatable bonds is 46. The lowest BCUT2D eigenvalue weighted by Crippen LogP contribution is -2.30. The average molecular weight is 937 g/mol. The van der Waals surface area contributed by atoms with Crippen molar-refractivity contribution in [3.8, 4) is 0 Å². The molecule has 0 aromatic carbocycles. The SMILES string of the molecule is CC/C=C\C/C=C\C/C=C\C/C=C\C/C=C\C/C=C\CCC(=O)OCC(COC(=O)C/C=C\C/C=C\C/C=C\C/C=C\C/C=C\CC)OC(=O)CCCCCCC/C=C\CCCCCCCCC. The van der Waals surface area contributed by atoms with Crippen LogP contribution in [0.4, 0.5) is 0 Å². The van der Waals surface area contributed by atoms with Crippen molar-refractivity contribution in [1.29, 1.82) is 0 Å². The third-order valence-electron chi connectivity index (χ3n) is 10.6. The summed E-state index contributed by atoms with van der Waals surface area (Å²) < 4.78 is 16.6. The van der Waals surface area contributed by atoms with Crippen molar-refractivity contribution in [2.75, 3.05) is 13.2 Å². The predicted octanol–water partition coefficient (Wildman–Crippen LogP) is 18.0. The maximum atomic E-state index is 12.8. The molecule has 1 atom stereocenters. The largest absolute Gasteiger partial charge is 0.462 e. The van der Waals surface area contributed by atoms with Crippen LogP contribution in [0.15, 0.2) is 146 Å². The van der Waals surface area contributed by atoms with Gasteiger partial charge in [-0.2, -0.15) is 0 Å². The van der Waals surface area contributed by atoms with E-state index in [-0.39, 0.29) is 44.4 Å². The lowest BCUT2D eigenvalue weighted by molar-refractivity contribution is -0.166. The molecule has 0 aliphatic heterocycles. The van der Waals surface area contributed by atoms with E-state index in [0.29, 0.717) is 6.42 Å². The molecule has 6 heteroatoms. The Hall–Kier alpha value is -4.71. The van der Waals surface area contributed by atoms with Crippen LogP contribution in [0, 0.1) is 0 Å². The van der Waals surface area contributed by atoms with Gasteiger partial charge in [0, 0.05) is 12.8 Å². The van der Waals surface area contributed by atoms with Crippen LogP contribution in [0.3, 0.4) is 0 Å². The molecular weight excluding hydrogens is 841 g/mol. The minimum atomic E-state index is -0.859. The van der Waals surface area contributed by atoms with Gasteiger partial charge in [0.2, 0.25) is 0 Å². The summed E-state index contributed by atoms with van der Waals surface area (Å²) in [7, 11) is 0. The summed E-state index contributed by atoms with van der Waals surface area (Å²) in [6.07, 6.45) is 78.7. The molecule has 6 nitrogen and oxygen atoms in total. The molecule has 0 amide bonds. The quantitative estimate of drug-likeness (QED) is 0.0262. The van der Waals surface area contributed by atoms with E-state index in [0.717, 1.165) is 109 Å². The van der Waals surface area contributed by atoms with Crippen LogP contribution in [0.5, 0.6) is 0 Å². The zero-order chi connectivity index (χ0) is 49.3. The van der Waals surface area contributed by atoms with Crippen LogP contribution in [-0.4, -0.2) is 37.2 Å². The van der Waals surface area contributed by atoms with Gasteiger partial charge in [-0.1, -0.05) is 224 Å². The topological polar surface area (TPSA) is 78.9 Å². The van der Waals surface area contributed by atoms with E-state index in [1.807, 2.05) is 18.2 Å². The normalized spacial score (nSPS) is 13.3. The highest BCUT2D eigenvalue weighted by Gasteiger charge is 2.19. The van der Waals surface area contributed by atoms with Crippen LogP contribution in [0.2, 0.25) is 0 Å². The molecule has 0 fully saturated rings. The van der Waals surface area contributed by atoms with E-state index in [2.05, 4.69) is 142 Å². The Kier molecular flexibility index (Phi) is 51.1. The van der Waals surface area contributed by atoms with Gasteiger partial charge in [-0.25, -0.2) is 0 Å². The van der Waals surface area contributed by atoms with Gasteiger partial charge < -0.3 is 14.2 Å². The molecule has 0 rings (SSSR count). The third-order valence-corrected chi connectivity index (χ3v) is 10.6. The summed E-state index contributed by atoms with van der Waals surface area (Å²) in [5, 5.41) is 0. The lowest BCUT2D eigenvalue weighted by Gasteiger charge is -2.18. The fourth-order valence-electron chi connectivity index (χ4n) is 6.65. The van der Waals surface area contributed by atoms with E-state index in [1.165, 1.54) is 51.4 Å². The van der Waals surface area contributed by atoms with Crippen molar-refractivity contribution in [2.24, 2.45) is 0 Å². The summed E-state index contributed by atoms with van der Waals surface area (Å²) >= 11 is 0. The number of carbonyl (C=O) groups is 3. The van der Waals surface area contributed by atoms with E-state index >= 15 is 0 Å². The summed E-state index contributed by atoms with van der Waals surface area (Å²) in [5.74, 6) is -1.18. The van der Waals surface area contributed by atoms with Crippen molar-refractivity contribution < 1.29 is 28.6 Å². The van der Waals surface area contributed by atoms with Gasteiger partial charge in [0.1, 0.15) is 13.2 Å². The number of ether oxygens (including phenoxy) is 3. The van der Waals surface area contributed by atoms with Crippen molar-refractivity contribution in [3.63, 3.8) is 0 Å². The summed E-state index contributed by atoms with van der Waals surface area (Å²) in [5.41, 5.74) is 0. The van der Waals surface area contributed by atoms with Crippen LogP contribution < -0.4 is 0 Å². The smallest absolute Gasteiger partial charge is 0.309 e. The number of allylic oxidation sites excluding steroid dienone is 23. The maximum Gasteiger partial charge on any atom is 0.309 e. The molecule has 0 bridgehead atoms. The number of esters is 3. The fraction of sp³-hybridized carbons (Fsp3) is 0.565. The Balaban J connectivity index is 4.65. The molecule has 0 aliphatic rings. The molecular formula is C62H96O6. The first-order chi connectivity index (χ1) is 33.5. The summed E-state index contributed by atoms with van der Waals surface area (Å²) in [4.78, 5) is 38.0. The van der Waals surface area contributed by atoms with Crippen LogP contribution in [0.1, 0.15) is 207 Å². The van der Waals surface area contributed by atoms with Crippen LogP contribution in [0.25, 0.3) is 0 Å². The molecule has 68 heavy (non-hydrogen) atoms. The van der Waals surface area contributed by atoms with E-state index < -0.39 is 12.1 Å². The Morgan fingerprint density at radius 1 is 0.324 bits per heavy atom. The number of hydrogen-bond acceptors (Lipinski definition) is 6. The fourth-order valence-corrected chi connectivity index (χ4v) is 6.65. The Morgan fingerprint density at radius 3 is 1.09 bits per heavy atom. The lowest BCUT2D eigenvalue weighted by atomic mass is 10.1. The van der Waals surface area contributed by atoms with Gasteiger partial charge in [-0.3, -0.25) is 14.4 Å². The van der Waals surface area contributed by atoms with Crippen LogP contribution >= 0.6 is 0 Å². The van der Waals surface area contributed by atoms with Gasteiger partial charge in [0.15, 0.2) is 6.10 Å². The third kappa shape index (κ3) is 52.3. The molecule has 0 aliphatic carbocycles. The molecule has 0 aromatic rings. The first kappa shape index (κ1) is 63.3. The minimum absolute atomic E-state index is 0.106. The molecule has 1 unspecified atom stereocenters. The molecule has 0 heterocycles. The zero-order valence-electron chi connectivity index (χ0n) is 43.3. The highest BCUT2D eigenvalue weighted by Crippen LogP contribution is 2.12. The van der Waals surface area contributed by atoms with Crippen molar-refractivity contribution in [3.05, 3.63) is 146 Å². The van der Waals surface area contributed by atoms with Gasteiger partial charge in [-0.05, 0) is 109 Å². The number of carbonyl (C=O) groups excluding carboxylic acids is 3. The maximum absolute atomic E-state index is 12.8. The monoisotopic (exact) mass is 937 g/mol. The molecule has 0 aromatic heterocycles.